The van der Waals surface area contributed by atoms with E-state index in [0.717, 1.165) is 5.75 Å². The van der Waals surface area contributed by atoms with Gasteiger partial charge in [-0.15, -0.1) is 11.8 Å². The zero-order valence-electron chi connectivity index (χ0n) is 9.03. The highest BCUT2D eigenvalue weighted by Gasteiger charge is 2.09. The van der Waals surface area contributed by atoms with Gasteiger partial charge in [-0.1, -0.05) is 31.5 Å². The lowest BCUT2D eigenvalue weighted by Crippen LogP contribution is -2.17. The predicted molar refractivity (Wildman–Crippen MR) is 62.7 cm³/mol. The maximum absolute atomic E-state index is 9.64. The number of aryl methyl sites for hydroxylation is 1. The molecule has 1 unspecified atom stereocenters. The summed E-state index contributed by atoms with van der Waals surface area (Å²) >= 11 is 1.72. The summed E-state index contributed by atoms with van der Waals surface area (Å²) in [6.07, 6.45) is -0.208. The van der Waals surface area contributed by atoms with Crippen molar-refractivity contribution in [2.45, 2.75) is 31.8 Å². The molecule has 0 bridgehead atoms. The molecule has 0 aliphatic heterocycles. The van der Waals surface area contributed by atoms with Crippen LogP contribution in [0.2, 0.25) is 0 Å². The fourth-order valence-electron chi connectivity index (χ4n) is 1.08. The molecule has 0 fully saturated rings. The summed E-state index contributed by atoms with van der Waals surface area (Å²) in [6.45, 7) is 6.17. The Morgan fingerprint density at radius 3 is 2.64 bits per heavy atom. The van der Waals surface area contributed by atoms with E-state index in [1.807, 2.05) is 13.8 Å². The molecule has 1 nitrogen and oxygen atoms in total. The van der Waals surface area contributed by atoms with E-state index in [4.69, 9.17) is 0 Å². The van der Waals surface area contributed by atoms with E-state index in [1.165, 1.54) is 10.5 Å². The molecular formula is C12H18OS. The molecule has 1 N–H and O–H groups in total. The van der Waals surface area contributed by atoms with Gasteiger partial charge in [0.15, 0.2) is 0 Å². The Labute approximate surface area is 90.5 Å². The summed E-state index contributed by atoms with van der Waals surface area (Å²) < 4.78 is 0. The van der Waals surface area contributed by atoms with E-state index < -0.39 is 0 Å². The lowest BCUT2D eigenvalue weighted by atomic mass is 10.1. The highest BCUT2D eigenvalue weighted by atomic mass is 32.2. The second-order valence-corrected chi connectivity index (χ2v) is 5.03. The molecule has 1 atom stereocenters. The zero-order chi connectivity index (χ0) is 10.6. The molecule has 0 aromatic heterocycles. The van der Waals surface area contributed by atoms with Gasteiger partial charge < -0.3 is 5.11 Å². The molecule has 14 heavy (non-hydrogen) atoms. The number of aliphatic hydroxyl groups is 1. The number of rotatable bonds is 4. The minimum Gasteiger partial charge on any atom is -0.392 e. The summed E-state index contributed by atoms with van der Waals surface area (Å²) in [5.74, 6) is 1.12. The monoisotopic (exact) mass is 210 g/mol. The molecule has 0 heterocycles. The first-order valence-corrected chi connectivity index (χ1v) is 5.95. The van der Waals surface area contributed by atoms with Crippen molar-refractivity contribution in [3.05, 3.63) is 29.8 Å². The van der Waals surface area contributed by atoms with Crippen molar-refractivity contribution in [2.24, 2.45) is 5.92 Å². The number of hydrogen-bond donors (Lipinski definition) is 1. The van der Waals surface area contributed by atoms with Crippen LogP contribution in [0, 0.1) is 12.8 Å². The number of hydrogen-bond acceptors (Lipinski definition) is 2. The van der Waals surface area contributed by atoms with Gasteiger partial charge in [-0.25, -0.2) is 0 Å². The van der Waals surface area contributed by atoms with E-state index in [2.05, 4.69) is 31.2 Å². The molecule has 1 aromatic rings. The van der Waals surface area contributed by atoms with Crippen LogP contribution in [0.5, 0.6) is 0 Å². The first-order valence-electron chi connectivity index (χ1n) is 4.97. The van der Waals surface area contributed by atoms with Gasteiger partial charge in [-0.2, -0.15) is 0 Å². The van der Waals surface area contributed by atoms with Crippen LogP contribution in [-0.4, -0.2) is 17.0 Å². The standard InChI is InChI=1S/C12H18OS/c1-9(2)12(13)8-14-11-6-4-5-10(3)7-11/h4-7,9,12-13H,8H2,1-3H3. The molecule has 0 aliphatic carbocycles. The maximum atomic E-state index is 9.64. The van der Waals surface area contributed by atoms with Crippen LogP contribution in [-0.2, 0) is 0 Å². The van der Waals surface area contributed by atoms with Gasteiger partial charge in [0.25, 0.3) is 0 Å². The fraction of sp³-hybridized carbons (Fsp3) is 0.500. The van der Waals surface area contributed by atoms with Crippen molar-refractivity contribution in [1.82, 2.24) is 0 Å². The van der Waals surface area contributed by atoms with Crippen molar-refractivity contribution in [2.75, 3.05) is 5.75 Å². The zero-order valence-corrected chi connectivity index (χ0v) is 9.84. The first-order chi connectivity index (χ1) is 6.59. The lowest BCUT2D eigenvalue weighted by molar-refractivity contribution is 0.149. The molecule has 1 rings (SSSR count). The summed E-state index contributed by atoms with van der Waals surface area (Å²) in [7, 11) is 0. The topological polar surface area (TPSA) is 20.2 Å². The van der Waals surface area contributed by atoms with Crippen LogP contribution in [0.1, 0.15) is 19.4 Å². The third-order valence-corrected chi connectivity index (χ3v) is 3.28. The third kappa shape index (κ3) is 3.72. The maximum Gasteiger partial charge on any atom is 0.0656 e. The van der Waals surface area contributed by atoms with Gasteiger partial charge in [0, 0.05) is 10.6 Å². The molecule has 0 saturated carbocycles. The van der Waals surface area contributed by atoms with Crippen LogP contribution in [0.15, 0.2) is 29.2 Å². The van der Waals surface area contributed by atoms with Gasteiger partial charge in [0.05, 0.1) is 6.10 Å². The largest absolute Gasteiger partial charge is 0.392 e. The number of benzene rings is 1. The molecule has 0 saturated heterocycles. The molecule has 2 heteroatoms. The first kappa shape index (κ1) is 11.6. The Balaban J connectivity index is 2.45. The number of aliphatic hydroxyl groups excluding tert-OH is 1. The van der Waals surface area contributed by atoms with E-state index in [9.17, 15) is 5.11 Å². The Morgan fingerprint density at radius 2 is 2.07 bits per heavy atom. The fourth-order valence-corrected chi connectivity index (χ4v) is 2.27. The molecule has 0 spiro atoms. The second-order valence-electron chi connectivity index (χ2n) is 3.94. The van der Waals surface area contributed by atoms with Gasteiger partial charge in [-0.3, -0.25) is 0 Å². The highest BCUT2D eigenvalue weighted by Crippen LogP contribution is 2.21. The Kier molecular flexibility index (Phi) is 4.49. The molecular weight excluding hydrogens is 192 g/mol. The minimum atomic E-state index is -0.208. The van der Waals surface area contributed by atoms with Crippen molar-refractivity contribution in [3.63, 3.8) is 0 Å². The van der Waals surface area contributed by atoms with E-state index in [-0.39, 0.29) is 6.10 Å². The predicted octanol–water partition coefficient (Wildman–Crippen LogP) is 3.10. The second kappa shape index (κ2) is 5.42. The Bertz CT molecular complexity index is 283. The summed E-state index contributed by atoms with van der Waals surface area (Å²) in [4.78, 5) is 1.24. The third-order valence-electron chi connectivity index (χ3n) is 2.18. The van der Waals surface area contributed by atoms with Gasteiger partial charge in [-0.05, 0) is 25.0 Å². The van der Waals surface area contributed by atoms with Crippen molar-refractivity contribution >= 4 is 11.8 Å². The molecule has 78 valence electrons. The summed E-state index contributed by atoms with van der Waals surface area (Å²) in [5.41, 5.74) is 1.27. The van der Waals surface area contributed by atoms with Crippen molar-refractivity contribution in [3.8, 4) is 0 Å². The van der Waals surface area contributed by atoms with E-state index in [0.29, 0.717) is 5.92 Å². The number of thioether (sulfide) groups is 1. The summed E-state index contributed by atoms with van der Waals surface area (Å²) in [5, 5.41) is 9.64. The average molecular weight is 210 g/mol. The summed E-state index contributed by atoms with van der Waals surface area (Å²) in [6, 6.07) is 8.38. The van der Waals surface area contributed by atoms with Gasteiger partial charge in [0.1, 0.15) is 0 Å². The van der Waals surface area contributed by atoms with E-state index in [1.54, 1.807) is 11.8 Å². The molecule has 1 aromatic carbocycles. The molecule has 0 radical (unpaired) electrons. The molecule has 0 amide bonds. The SMILES string of the molecule is Cc1cccc(SCC(O)C(C)C)c1. The van der Waals surface area contributed by atoms with Crippen LogP contribution in [0.25, 0.3) is 0 Å². The normalized spacial score (nSPS) is 13.2. The lowest BCUT2D eigenvalue weighted by Gasteiger charge is -2.13. The average Bonchev–Trinajstić information content (AvgIpc) is 2.14. The van der Waals surface area contributed by atoms with Crippen molar-refractivity contribution in [1.29, 1.82) is 0 Å². The van der Waals surface area contributed by atoms with E-state index >= 15 is 0 Å². The van der Waals surface area contributed by atoms with Crippen LogP contribution in [0.4, 0.5) is 0 Å². The Hall–Kier alpha value is -0.470. The minimum absolute atomic E-state index is 0.208. The molecule has 0 aliphatic rings. The van der Waals surface area contributed by atoms with Gasteiger partial charge in [0.2, 0.25) is 0 Å². The van der Waals surface area contributed by atoms with Gasteiger partial charge >= 0.3 is 0 Å². The van der Waals surface area contributed by atoms with Crippen LogP contribution in [0.3, 0.4) is 0 Å². The van der Waals surface area contributed by atoms with Crippen LogP contribution >= 0.6 is 11.8 Å². The van der Waals surface area contributed by atoms with Crippen molar-refractivity contribution < 1.29 is 5.11 Å². The quantitative estimate of drug-likeness (QED) is 0.771. The smallest absolute Gasteiger partial charge is 0.0656 e. The highest BCUT2D eigenvalue weighted by molar-refractivity contribution is 7.99. The Morgan fingerprint density at radius 1 is 1.36 bits per heavy atom. The van der Waals surface area contributed by atoms with Crippen LogP contribution < -0.4 is 0 Å².